The average molecular weight is 247 g/mol. The Morgan fingerprint density at radius 1 is 1.39 bits per heavy atom. The van der Waals surface area contributed by atoms with Crippen molar-refractivity contribution < 1.29 is 9.63 Å². The zero-order valence-electron chi connectivity index (χ0n) is 10.3. The van der Waals surface area contributed by atoms with Crippen molar-refractivity contribution in [3.05, 3.63) is 47.1 Å². The van der Waals surface area contributed by atoms with Gasteiger partial charge in [-0.05, 0) is 31.0 Å². The molecule has 1 atom stereocenters. The van der Waals surface area contributed by atoms with Gasteiger partial charge in [-0.1, -0.05) is 29.4 Å². The van der Waals surface area contributed by atoms with Crippen LogP contribution < -0.4 is 5.73 Å². The van der Waals surface area contributed by atoms with Crippen LogP contribution in [0.3, 0.4) is 0 Å². The number of hydrogen-bond donors (Lipinski definition) is 2. The Kier molecular flexibility index (Phi) is 4.07. The van der Waals surface area contributed by atoms with Crippen molar-refractivity contribution in [2.24, 2.45) is 5.73 Å². The Balaban J connectivity index is 2.09. The summed E-state index contributed by atoms with van der Waals surface area (Å²) in [5.41, 5.74) is 7.70. The van der Waals surface area contributed by atoms with Gasteiger partial charge < -0.3 is 15.4 Å². The standard InChI is InChI=1S/C13H17N3O2/c1-9-4-2-3-5-10(9)8-12-15-13(18-16-12)11(17)6-7-14/h2-5,11,17H,6-8,14H2,1H3. The van der Waals surface area contributed by atoms with E-state index in [2.05, 4.69) is 10.1 Å². The minimum atomic E-state index is -0.770. The highest BCUT2D eigenvalue weighted by Crippen LogP contribution is 2.16. The Morgan fingerprint density at radius 3 is 2.89 bits per heavy atom. The van der Waals surface area contributed by atoms with Gasteiger partial charge in [0.2, 0.25) is 0 Å². The maximum atomic E-state index is 9.68. The van der Waals surface area contributed by atoms with E-state index >= 15 is 0 Å². The highest BCUT2D eigenvalue weighted by atomic mass is 16.5. The first-order valence-corrected chi connectivity index (χ1v) is 5.96. The Hall–Kier alpha value is -1.72. The molecular formula is C13H17N3O2. The van der Waals surface area contributed by atoms with Crippen LogP contribution in [0.5, 0.6) is 0 Å². The summed E-state index contributed by atoms with van der Waals surface area (Å²) in [5.74, 6) is 0.819. The fourth-order valence-electron chi connectivity index (χ4n) is 1.73. The fraction of sp³-hybridized carbons (Fsp3) is 0.385. The van der Waals surface area contributed by atoms with Crippen LogP contribution in [-0.2, 0) is 6.42 Å². The van der Waals surface area contributed by atoms with E-state index in [1.807, 2.05) is 31.2 Å². The molecule has 0 spiro atoms. The van der Waals surface area contributed by atoms with Crippen molar-refractivity contribution in [2.45, 2.75) is 25.9 Å². The van der Waals surface area contributed by atoms with Gasteiger partial charge in [0.15, 0.2) is 5.82 Å². The first-order chi connectivity index (χ1) is 8.70. The lowest BCUT2D eigenvalue weighted by atomic mass is 10.1. The molecule has 1 unspecified atom stereocenters. The second-order valence-electron chi connectivity index (χ2n) is 4.25. The van der Waals surface area contributed by atoms with Gasteiger partial charge in [-0.15, -0.1) is 0 Å². The summed E-state index contributed by atoms with van der Waals surface area (Å²) in [6.07, 6.45) is 0.255. The lowest BCUT2D eigenvalue weighted by Gasteiger charge is -2.02. The molecule has 0 saturated carbocycles. The quantitative estimate of drug-likeness (QED) is 0.833. The molecule has 0 aliphatic heterocycles. The molecule has 0 saturated heterocycles. The third-order valence-electron chi connectivity index (χ3n) is 2.82. The van der Waals surface area contributed by atoms with Crippen LogP contribution in [0.1, 0.15) is 35.4 Å². The van der Waals surface area contributed by atoms with Crippen LogP contribution in [0.2, 0.25) is 0 Å². The number of hydrogen-bond acceptors (Lipinski definition) is 5. The summed E-state index contributed by atoms with van der Waals surface area (Å²) in [5, 5.41) is 13.5. The van der Waals surface area contributed by atoms with Crippen LogP contribution in [0.25, 0.3) is 0 Å². The van der Waals surface area contributed by atoms with Crippen LogP contribution >= 0.6 is 0 Å². The fourth-order valence-corrected chi connectivity index (χ4v) is 1.73. The van der Waals surface area contributed by atoms with Gasteiger partial charge in [-0.25, -0.2) is 0 Å². The molecule has 1 aromatic heterocycles. The van der Waals surface area contributed by atoms with Crippen molar-refractivity contribution >= 4 is 0 Å². The van der Waals surface area contributed by atoms with Crippen LogP contribution in [-0.4, -0.2) is 21.8 Å². The van der Waals surface area contributed by atoms with Crippen molar-refractivity contribution in [3.63, 3.8) is 0 Å². The Morgan fingerprint density at radius 2 is 2.17 bits per heavy atom. The third kappa shape index (κ3) is 2.94. The summed E-state index contributed by atoms with van der Waals surface area (Å²) in [6.45, 7) is 2.43. The van der Waals surface area contributed by atoms with Gasteiger partial charge in [0.25, 0.3) is 5.89 Å². The summed E-state index contributed by atoms with van der Waals surface area (Å²) in [7, 11) is 0. The van der Waals surface area contributed by atoms with E-state index < -0.39 is 6.10 Å². The zero-order chi connectivity index (χ0) is 13.0. The highest BCUT2D eigenvalue weighted by molar-refractivity contribution is 5.27. The molecule has 0 bridgehead atoms. The summed E-state index contributed by atoms with van der Waals surface area (Å²) in [6, 6.07) is 8.04. The predicted octanol–water partition coefficient (Wildman–Crippen LogP) is 1.35. The number of benzene rings is 1. The molecule has 18 heavy (non-hydrogen) atoms. The lowest BCUT2D eigenvalue weighted by Crippen LogP contribution is -2.07. The number of aliphatic hydroxyl groups is 1. The number of nitrogens with zero attached hydrogens (tertiary/aromatic N) is 2. The van der Waals surface area contributed by atoms with Crippen LogP contribution in [0.15, 0.2) is 28.8 Å². The molecule has 0 aliphatic carbocycles. The first-order valence-electron chi connectivity index (χ1n) is 5.96. The molecule has 0 amide bonds. The van der Waals surface area contributed by atoms with Gasteiger partial charge in [0.05, 0.1) is 0 Å². The van der Waals surface area contributed by atoms with Crippen molar-refractivity contribution in [2.75, 3.05) is 6.54 Å². The predicted molar refractivity (Wildman–Crippen MR) is 66.9 cm³/mol. The minimum Gasteiger partial charge on any atom is -0.383 e. The molecule has 2 aromatic rings. The zero-order valence-corrected chi connectivity index (χ0v) is 10.3. The van der Waals surface area contributed by atoms with Crippen molar-refractivity contribution in [1.82, 2.24) is 10.1 Å². The van der Waals surface area contributed by atoms with Gasteiger partial charge in [-0.2, -0.15) is 4.98 Å². The largest absolute Gasteiger partial charge is 0.383 e. The molecule has 0 aliphatic rings. The van der Waals surface area contributed by atoms with E-state index in [0.717, 1.165) is 5.56 Å². The van der Waals surface area contributed by atoms with Crippen molar-refractivity contribution in [1.29, 1.82) is 0 Å². The van der Waals surface area contributed by atoms with E-state index in [1.165, 1.54) is 5.56 Å². The molecule has 5 nitrogen and oxygen atoms in total. The smallest absolute Gasteiger partial charge is 0.255 e. The van der Waals surface area contributed by atoms with Crippen LogP contribution in [0, 0.1) is 6.92 Å². The second-order valence-corrected chi connectivity index (χ2v) is 4.25. The monoisotopic (exact) mass is 247 g/mol. The first kappa shape index (κ1) is 12.7. The molecule has 0 fully saturated rings. The molecule has 2 rings (SSSR count). The van der Waals surface area contributed by atoms with E-state index in [0.29, 0.717) is 25.2 Å². The summed E-state index contributed by atoms with van der Waals surface area (Å²) < 4.78 is 5.02. The normalized spacial score (nSPS) is 12.6. The molecule has 96 valence electrons. The van der Waals surface area contributed by atoms with Gasteiger partial charge in [0.1, 0.15) is 6.10 Å². The maximum Gasteiger partial charge on any atom is 0.255 e. The number of nitrogens with two attached hydrogens (primary N) is 1. The molecule has 3 N–H and O–H groups in total. The summed E-state index contributed by atoms with van der Waals surface area (Å²) >= 11 is 0. The second kappa shape index (κ2) is 5.75. The Labute approximate surface area is 106 Å². The topological polar surface area (TPSA) is 85.2 Å². The number of aliphatic hydroxyl groups excluding tert-OH is 1. The van der Waals surface area contributed by atoms with Crippen molar-refractivity contribution in [3.8, 4) is 0 Å². The molecular weight excluding hydrogens is 230 g/mol. The molecule has 5 heteroatoms. The molecule has 1 aromatic carbocycles. The number of rotatable bonds is 5. The molecule has 0 radical (unpaired) electrons. The average Bonchev–Trinajstić information content (AvgIpc) is 2.81. The van der Waals surface area contributed by atoms with E-state index in [4.69, 9.17) is 10.3 Å². The highest BCUT2D eigenvalue weighted by Gasteiger charge is 2.15. The number of aryl methyl sites for hydroxylation is 1. The minimum absolute atomic E-state index is 0.240. The SMILES string of the molecule is Cc1ccccc1Cc1noc(C(O)CCN)n1. The van der Waals surface area contributed by atoms with E-state index in [1.54, 1.807) is 0 Å². The van der Waals surface area contributed by atoms with E-state index in [-0.39, 0.29) is 5.89 Å². The Bertz CT molecular complexity index is 510. The lowest BCUT2D eigenvalue weighted by molar-refractivity contribution is 0.127. The van der Waals surface area contributed by atoms with Gasteiger partial charge in [0, 0.05) is 6.42 Å². The third-order valence-corrected chi connectivity index (χ3v) is 2.82. The van der Waals surface area contributed by atoms with E-state index in [9.17, 15) is 5.11 Å². The number of aromatic nitrogens is 2. The van der Waals surface area contributed by atoms with Gasteiger partial charge >= 0.3 is 0 Å². The van der Waals surface area contributed by atoms with Gasteiger partial charge in [-0.3, -0.25) is 0 Å². The maximum absolute atomic E-state index is 9.68. The molecule has 1 heterocycles. The van der Waals surface area contributed by atoms with Crippen LogP contribution in [0.4, 0.5) is 0 Å². The summed E-state index contributed by atoms with van der Waals surface area (Å²) in [4.78, 5) is 4.18.